The van der Waals surface area contributed by atoms with Gasteiger partial charge in [-0.3, -0.25) is 4.68 Å². The predicted octanol–water partition coefficient (Wildman–Crippen LogP) is 0.764. The number of rotatable bonds is 3. The van der Waals surface area contributed by atoms with Crippen molar-refractivity contribution < 1.29 is 5.11 Å². The van der Waals surface area contributed by atoms with Gasteiger partial charge in [0, 0.05) is 18.2 Å². The minimum atomic E-state index is -0.770. The average molecular weight is 167 g/mol. The van der Waals surface area contributed by atoms with Gasteiger partial charge in [-0.05, 0) is 11.6 Å². The second kappa shape index (κ2) is 3.75. The van der Waals surface area contributed by atoms with Crippen LogP contribution in [0.4, 0.5) is 0 Å². The minimum absolute atomic E-state index is 0.0377. The van der Waals surface area contributed by atoms with Gasteiger partial charge in [0.2, 0.25) is 0 Å². The minimum Gasteiger partial charge on any atom is -0.387 e. The molecule has 0 spiro atoms. The van der Waals surface area contributed by atoms with Gasteiger partial charge in [-0.25, -0.2) is 0 Å². The van der Waals surface area contributed by atoms with Crippen molar-refractivity contribution in [3.63, 3.8) is 0 Å². The van der Waals surface area contributed by atoms with E-state index in [1.807, 2.05) is 0 Å². The van der Waals surface area contributed by atoms with Crippen LogP contribution < -0.4 is 0 Å². The molecule has 6 heteroatoms. The van der Waals surface area contributed by atoms with E-state index in [0.29, 0.717) is 5.69 Å². The molecule has 12 heavy (non-hydrogen) atoms. The second-order valence-electron chi connectivity index (χ2n) is 2.31. The van der Waals surface area contributed by atoms with E-state index < -0.39 is 6.10 Å². The van der Waals surface area contributed by atoms with Crippen LogP contribution in [0.3, 0.4) is 0 Å². The second-order valence-corrected chi connectivity index (χ2v) is 2.31. The smallest absolute Gasteiger partial charge is 0.101 e. The Morgan fingerprint density at radius 3 is 3.17 bits per heavy atom. The number of nitrogens with zero attached hydrogens (tertiary/aromatic N) is 5. The van der Waals surface area contributed by atoms with Crippen LogP contribution in [0, 0.1) is 0 Å². The highest BCUT2D eigenvalue weighted by Crippen LogP contribution is 2.10. The monoisotopic (exact) mass is 167 g/mol. The summed E-state index contributed by atoms with van der Waals surface area (Å²) in [5, 5.41) is 16.5. The number of aromatic nitrogens is 2. The van der Waals surface area contributed by atoms with Crippen LogP contribution >= 0.6 is 0 Å². The molecule has 0 amide bonds. The van der Waals surface area contributed by atoms with Gasteiger partial charge in [0.15, 0.2) is 0 Å². The maximum Gasteiger partial charge on any atom is 0.101 e. The molecule has 0 fully saturated rings. The highest BCUT2D eigenvalue weighted by atomic mass is 16.3. The Morgan fingerprint density at radius 2 is 2.67 bits per heavy atom. The van der Waals surface area contributed by atoms with Crippen molar-refractivity contribution in [2.45, 2.75) is 6.10 Å². The molecule has 0 aliphatic rings. The van der Waals surface area contributed by atoms with E-state index in [0.717, 1.165) is 0 Å². The Balaban J connectivity index is 2.70. The summed E-state index contributed by atoms with van der Waals surface area (Å²) in [6, 6.07) is 1.68. The molecule has 0 aliphatic heterocycles. The molecule has 1 rings (SSSR count). The van der Waals surface area contributed by atoms with E-state index in [1.165, 1.54) is 4.68 Å². The number of aliphatic hydroxyl groups is 1. The molecule has 0 radical (unpaired) electrons. The zero-order valence-corrected chi connectivity index (χ0v) is 6.62. The summed E-state index contributed by atoms with van der Waals surface area (Å²) in [7, 11) is 1.72. The number of azide groups is 1. The van der Waals surface area contributed by atoms with E-state index in [4.69, 9.17) is 5.53 Å². The summed E-state index contributed by atoms with van der Waals surface area (Å²) in [5.74, 6) is 0. The summed E-state index contributed by atoms with van der Waals surface area (Å²) < 4.78 is 1.54. The molecule has 0 aliphatic carbocycles. The standard InChI is InChI=1S/C6H9N5O/c1-11-5(2-3-9-11)6(12)4-8-10-7/h2-3,6,12H,4H2,1H3. The molecule has 0 aromatic carbocycles. The molecule has 1 aromatic heterocycles. The molecule has 6 nitrogen and oxygen atoms in total. The van der Waals surface area contributed by atoms with Crippen LogP contribution in [0.15, 0.2) is 17.4 Å². The van der Waals surface area contributed by atoms with Gasteiger partial charge in [-0.1, -0.05) is 5.11 Å². The van der Waals surface area contributed by atoms with Gasteiger partial charge < -0.3 is 5.11 Å². The van der Waals surface area contributed by atoms with Crippen LogP contribution in [0.5, 0.6) is 0 Å². The maximum absolute atomic E-state index is 9.40. The third-order valence-corrected chi connectivity index (χ3v) is 1.52. The van der Waals surface area contributed by atoms with E-state index in [1.54, 1.807) is 19.3 Å². The zero-order valence-electron chi connectivity index (χ0n) is 6.62. The van der Waals surface area contributed by atoms with Gasteiger partial charge in [0.1, 0.15) is 6.10 Å². The molecular formula is C6H9N5O. The molecule has 0 saturated carbocycles. The third-order valence-electron chi connectivity index (χ3n) is 1.52. The predicted molar refractivity (Wildman–Crippen MR) is 42.2 cm³/mol. The SMILES string of the molecule is Cn1nccc1C(O)CN=[N+]=[N-]. The molecular weight excluding hydrogens is 158 g/mol. The third kappa shape index (κ3) is 1.75. The van der Waals surface area contributed by atoms with Crippen LogP contribution in [-0.2, 0) is 7.05 Å². The van der Waals surface area contributed by atoms with Crippen LogP contribution in [0.1, 0.15) is 11.8 Å². The fourth-order valence-corrected chi connectivity index (χ4v) is 0.918. The van der Waals surface area contributed by atoms with E-state index in [-0.39, 0.29) is 6.54 Å². The molecule has 1 aromatic rings. The molecule has 0 saturated heterocycles. The van der Waals surface area contributed by atoms with Crippen molar-refractivity contribution in [2.24, 2.45) is 12.2 Å². The Morgan fingerprint density at radius 1 is 1.92 bits per heavy atom. The fourth-order valence-electron chi connectivity index (χ4n) is 0.918. The molecule has 1 atom stereocenters. The Bertz CT molecular complexity index is 301. The number of hydrogen-bond donors (Lipinski definition) is 1. The van der Waals surface area contributed by atoms with Gasteiger partial charge in [-0.15, -0.1) is 0 Å². The summed E-state index contributed by atoms with van der Waals surface area (Å²) in [4.78, 5) is 2.55. The lowest BCUT2D eigenvalue weighted by atomic mass is 10.2. The van der Waals surface area contributed by atoms with Crippen LogP contribution in [-0.4, -0.2) is 21.4 Å². The number of aliphatic hydroxyl groups excluding tert-OH is 1. The first kappa shape index (κ1) is 8.58. The lowest BCUT2D eigenvalue weighted by molar-refractivity contribution is 0.177. The summed E-state index contributed by atoms with van der Waals surface area (Å²) in [6.45, 7) is 0.0377. The molecule has 1 unspecified atom stereocenters. The Labute approximate surface area is 69.1 Å². The Kier molecular flexibility index (Phi) is 2.68. The van der Waals surface area contributed by atoms with Gasteiger partial charge in [0.25, 0.3) is 0 Å². The van der Waals surface area contributed by atoms with Gasteiger partial charge >= 0.3 is 0 Å². The van der Waals surface area contributed by atoms with Crippen molar-refractivity contribution in [1.82, 2.24) is 9.78 Å². The zero-order chi connectivity index (χ0) is 8.97. The number of hydrogen-bond acceptors (Lipinski definition) is 3. The molecule has 0 bridgehead atoms. The first-order valence-electron chi connectivity index (χ1n) is 3.42. The first-order chi connectivity index (χ1) is 5.75. The summed E-state index contributed by atoms with van der Waals surface area (Å²) >= 11 is 0. The van der Waals surface area contributed by atoms with Gasteiger partial charge in [0.05, 0.1) is 12.2 Å². The van der Waals surface area contributed by atoms with Crippen molar-refractivity contribution in [3.8, 4) is 0 Å². The lowest BCUT2D eigenvalue weighted by Crippen LogP contribution is -2.07. The van der Waals surface area contributed by atoms with E-state index in [2.05, 4.69) is 15.1 Å². The van der Waals surface area contributed by atoms with Crippen LogP contribution in [0.2, 0.25) is 0 Å². The summed E-state index contributed by atoms with van der Waals surface area (Å²) in [5.41, 5.74) is 8.65. The van der Waals surface area contributed by atoms with Gasteiger partial charge in [-0.2, -0.15) is 5.10 Å². The van der Waals surface area contributed by atoms with E-state index >= 15 is 0 Å². The van der Waals surface area contributed by atoms with Crippen molar-refractivity contribution in [1.29, 1.82) is 0 Å². The molecule has 1 heterocycles. The topological polar surface area (TPSA) is 86.8 Å². The lowest BCUT2D eigenvalue weighted by Gasteiger charge is -2.06. The first-order valence-corrected chi connectivity index (χ1v) is 3.42. The fraction of sp³-hybridized carbons (Fsp3) is 0.500. The summed E-state index contributed by atoms with van der Waals surface area (Å²) in [6.07, 6.45) is 0.808. The van der Waals surface area contributed by atoms with Crippen molar-refractivity contribution in [2.75, 3.05) is 6.54 Å². The normalized spacial score (nSPS) is 12.2. The number of aryl methyl sites for hydroxylation is 1. The molecule has 1 N–H and O–H groups in total. The van der Waals surface area contributed by atoms with Crippen molar-refractivity contribution >= 4 is 0 Å². The molecule has 64 valence electrons. The largest absolute Gasteiger partial charge is 0.387 e. The van der Waals surface area contributed by atoms with Crippen LogP contribution in [0.25, 0.3) is 10.4 Å². The highest BCUT2D eigenvalue weighted by molar-refractivity contribution is 5.04. The Hall–Kier alpha value is -1.52. The highest BCUT2D eigenvalue weighted by Gasteiger charge is 2.09. The quantitative estimate of drug-likeness (QED) is 0.409. The average Bonchev–Trinajstić information content (AvgIpc) is 2.47. The maximum atomic E-state index is 9.40. The van der Waals surface area contributed by atoms with Crippen molar-refractivity contribution in [3.05, 3.63) is 28.4 Å². The van der Waals surface area contributed by atoms with E-state index in [9.17, 15) is 5.11 Å².